The molecule has 0 fully saturated rings. The van der Waals surface area contributed by atoms with Crippen molar-refractivity contribution in [2.45, 2.75) is 12.4 Å². The monoisotopic (exact) mass is 233 g/mol. The fraction of sp³-hybridized carbons (Fsp3) is 0.333. The number of hydrogen-bond acceptors (Lipinski definition) is 3. The van der Waals surface area contributed by atoms with E-state index in [0.29, 0.717) is 22.9 Å². The van der Waals surface area contributed by atoms with E-state index in [4.69, 9.17) is 27.9 Å². The second-order valence-corrected chi connectivity index (χ2v) is 3.38. The smallest absolute Gasteiger partial charge is 0.190 e. The van der Waals surface area contributed by atoms with Crippen LogP contribution in [-0.2, 0) is 0 Å². The number of rotatable bonds is 4. The lowest BCUT2D eigenvalue weighted by atomic mass is 10.2. The van der Waals surface area contributed by atoms with Crippen molar-refractivity contribution in [3.63, 3.8) is 0 Å². The summed E-state index contributed by atoms with van der Waals surface area (Å²) < 4.78 is 5.22. The lowest BCUT2D eigenvalue weighted by Gasteiger charge is -2.07. The fourth-order valence-electron chi connectivity index (χ4n) is 0.999. The molecule has 0 saturated carbocycles. The summed E-state index contributed by atoms with van der Waals surface area (Å²) in [5.41, 5.74) is -0.335. The van der Waals surface area contributed by atoms with E-state index in [0.717, 1.165) is 0 Å². The van der Waals surface area contributed by atoms with Crippen LogP contribution in [-0.4, -0.2) is 6.61 Å². The van der Waals surface area contributed by atoms with Gasteiger partial charge in [0.1, 0.15) is 5.75 Å². The van der Waals surface area contributed by atoms with Gasteiger partial charge < -0.3 is 4.74 Å². The summed E-state index contributed by atoms with van der Waals surface area (Å²) in [5.74, 6) is 0.577. The van der Waals surface area contributed by atoms with Crippen molar-refractivity contribution < 1.29 is 4.74 Å². The number of hydrogen-bond donors (Lipinski definition) is 0. The number of nitrogens with zero attached hydrogens (tertiary/aromatic N) is 1. The van der Waals surface area contributed by atoms with Gasteiger partial charge in [0.2, 0.25) is 0 Å². The quantitative estimate of drug-likeness (QED) is 0.452. The Labute approximate surface area is 91.9 Å². The van der Waals surface area contributed by atoms with Crippen LogP contribution in [0.4, 0.5) is 0 Å². The number of benzene rings is 1. The van der Waals surface area contributed by atoms with Crippen LogP contribution >= 0.6 is 23.2 Å². The van der Waals surface area contributed by atoms with E-state index in [9.17, 15) is 4.91 Å². The largest absolute Gasteiger partial charge is 0.492 e. The summed E-state index contributed by atoms with van der Waals surface area (Å²) in [5, 5.41) is 3.12. The maximum Gasteiger partial charge on any atom is 0.190 e. The first-order valence-electron chi connectivity index (χ1n) is 4.07. The molecule has 5 heteroatoms. The molecule has 0 spiro atoms. The minimum Gasteiger partial charge on any atom is -0.492 e. The highest BCUT2D eigenvalue weighted by Gasteiger charge is 2.10. The van der Waals surface area contributed by atoms with Crippen LogP contribution in [0.5, 0.6) is 5.75 Å². The molecule has 3 nitrogen and oxygen atoms in total. The second-order valence-electron chi connectivity index (χ2n) is 2.56. The molecule has 0 amide bonds. The first-order chi connectivity index (χ1) is 6.69. The van der Waals surface area contributed by atoms with Gasteiger partial charge >= 0.3 is 0 Å². The molecule has 1 aromatic carbocycles. The van der Waals surface area contributed by atoms with Gasteiger partial charge in [-0.3, -0.25) is 0 Å². The lowest BCUT2D eigenvalue weighted by Crippen LogP contribution is -1.93. The zero-order valence-corrected chi connectivity index (χ0v) is 9.05. The van der Waals surface area contributed by atoms with Crippen LogP contribution in [0.3, 0.4) is 0 Å². The maximum absolute atomic E-state index is 10.2. The van der Waals surface area contributed by atoms with Crippen LogP contribution < -0.4 is 4.74 Å². The highest BCUT2D eigenvalue weighted by Crippen LogP contribution is 2.30. The third-order valence-electron chi connectivity index (χ3n) is 1.62. The van der Waals surface area contributed by atoms with Crippen molar-refractivity contribution in [3.8, 4) is 5.75 Å². The van der Waals surface area contributed by atoms with Crippen LogP contribution in [0.15, 0.2) is 23.4 Å². The molecule has 1 atom stereocenters. The predicted molar refractivity (Wildman–Crippen MR) is 57.0 cm³/mol. The van der Waals surface area contributed by atoms with Gasteiger partial charge in [0.05, 0.1) is 11.6 Å². The van der Waals surface area contributed by atoms with Gasteiger partial charge in [0, 0.05) is 0 Å². The van der Waals surface area contributed by atoms with Crippen LogP contribution in [0, 0.1) is 4.91 Å². The zero-order valence-electron chi connectivity index (χ0n) is 7.54. The second kappa shape index (κ2) is 5.17. The summed E-state index contributed by atoms with van der Waals surface area (Å²) in [6, 6.07) is 4.91. The molecular weight excluding hydrogens is 225 g/mol. The average molecular weight is 234 g/mol. The molecule has 0 heterocycles. The number of nitroso groups, excluding NO2 is 1. The molecule has 76 valence electrons. The normalized spacial score (nSPS) is 12.2. The van der Waals surface area contributed by atoms with Gasteiger partial charge in [-0.25, -0.2) is 0 Å². The van der Waals surface area contributed by atoms with Crippen LogP contribution in [0.1, 0.15) is 18.0 Å². The summed E-state index contributed by atoms with van der Waals surface area (Å²) in [4.78, 5) is 10.2. The minimum absolute atomic E-state index is 0.429. The molecule has 0 aliphatic rings. The minimum atomic E-state index is -0.900. The van der Waals surface area contributed by atoms with Crippen molar-refractivity contribution in [3.05, 3.63) is 33.7 Å². The van der Waals surface area contributed by atoms with Gasteiger partial charge in [0.25, 0.3) is 0 Å². The van der Waals surface area contributed by atoms with E-state index in [-0.39, 0.29) is 0 Å². The van der Waals surface area contributed by atoms with E-state index in [1.165, 1.54) is 0 Å². The molecule has 0 aliphatic carbocycles. The molecule has 1 unspecified atom stereocenters. The Morgan fingerprint density at radius 1 is 1.57 bits per heavy atom. The third kappa shape index (κ3) is 2.59. The molecule has 0 bridgehead atoms. The number of alkyl halides is 1. The van der Waals surface area contributed by atoms with E-state index >= 15 is 0 Å². The van der Waals surface area contributed by atoms with Crippen molar-refractivity contribution in [2.75, 3.05) is 6.61 Å². The molecule has 0 N–H and O–H groups in total. The highest BCUT2D eigenvalue weighted by molar-refractivity contribution is 6.32. The van der Waals surface area contributed by atoms with Crippen molar-refractivity contribution in [1.82, 2.24) is 0 Å². The van der Waals surface area contributed by atoms with E-state index in [1.54, 1.807) is 18.2 Å². The Bertz CT molecular complexity index is 331. The van der Waals surface area contributed by atoms with E-state index in [2.05, 4.69) is 5.18 Å². The number of ether oxygens (including phenoxy) is 1. The van der Waals surface area contributed by atoms with E-state index < -0.39 is 5.50 Å². The van der Waals surface area contributed by atoms with Crippen LogP contribution in [0.2, 0.25) is 5.02 Å². The van der Waals surface area contributed by atoms with Gasteiger partial charge in [-0.1, -0.05) is 29.3 Å². The Morgan fingerprint density at radius 2 is 2.29 bits per heavy atom. The standard InChI is InChI=1S/C9H9Cl2NO2/c1-2-14-8-4-3-6(5-7(8)10)9(11)12-13/h3-5,9H,2H2,1H3. The topological polar surface area (TPSA) is 38.7 Å². The zero-order chi connectivity index (χ0) is 10.6. The highest BCUT2D eigenvalue weighted by atomic mass is 35.5. The molecule has 14 heavy (non-hydrogen) atoms. The first kappa shape index (κ1) is 11.3. The van der Waals surface area contributed by atoms with Gasteiger partial charge in [-0.05, 0) is 29.8 Å². The Hall–Kier alpha value is -0.800. The molecule has 0 aromatic heterocycles. The van der Waals surface area contributed by atoms with Crippen molar-refractivity contribution >= 4 is 23.2 Å². The SMILES string of the molecule is CCOc1ccc(C(Cl)N=O)cc1Cl. The Balaban J connectivity index is 2.93. The summed E-state index contributed by atoms with van der Waals surface area (Å²) in [6.45, 7) is 2.40. The third-order valence-corrected chi connectivity index (χ3v) is 2.25. The molecular formula is C9H9Cl2NO2. The Kier molecular flexibility index (Phi) is 4.17. The predicted octanol–water partition coefficient (Wildman–Crippen LogP) is 3.74. The summed E-state index contributed by atoms with van der Waals surface area (Å²) in [7, 11) is 0. The Morgan fingerprint density at radius 3 is 2.79 bits per heavy atom. The maximum atomic E-state index is 10.2. The lowest BCUT2D eigenvalue weighted by molar-refractivity contribution is 0.340. The molecule has 1 aromatic rings. The molecule has 1 rings (SSSR count). The molecule has 0 radical (unpaired) electrons. The molecule has 0 saturated heterocycles. The van der Waals surface area contributed by atoms with Gasteiger partial charge in [0.15, 0.2) is 5.50 Å². The van der Waals surface area contributed by atoms with Gasteiger partial charge in [-0.15, -0.1) is 4.91 Å². The average Bonchev–Trinajstić information content (AvgIpc) is 2.20. The van der Waals surface area contributed by atoms with Crippen molar-refractivity contribution in [2.24, 2.45) is 5.18 Å². The molecule has 0 aliphatic heterocycles. The van der Waals surface area contributed by atoms with E-state index in [1.807, 2.05) is 6.92 Å². The fourth-order valence-corrected chi connectivity index (χ4v) is 1.38. The van der Waals surface area contributed by atoms with Crippen molar-refractivity contribution in [1.29, 1.82) is 0 Å². The van der Waals surface area contributed by atoms with Crippen LogP contribution in [0.25, 0.3) is 0 Å². The van der Waals surface area contributed by atoms with Gasteiger partial charge in [-0.2, -0.15) is 0 Å². The first-order valence-corrected chi connectivity index (χ1v) is 4.89. The summed E-state index contributed by atoms with van der Waals surface area (Å²) >= 11 is 11.5. The number of halogens is 2. The summed E-state index contributed by atoms with van der Waals surface area (Å²) in [6.07, 6.45) is 0.